The molecule has 0 atom stereocenters. The molecule has 3 aromatic carbocycles. The molecule has 3 rings (SSSR count). The Bertz CT molecular complexity index is 1990. The smallest absolute Gasteiger partial charge is 0.238 e. The highest BCUT2D eigenvalue weighted by atomic mass is 33.1. The van der Waals surface area contributed by atoms with Gasteiger partial charge in [0, 0.05) is 9.79 Å². The third-order valence-corrected chi connectivity index (χ3v) is 14.4. The van der Waals surface area contributed by atoms with Crippen molar-refractivity contribution in [1.82, 2.24) is 0 Å². The predicted octanol–water partition coefficient (Wildman–Crippen LogP) is 20.4. The quantitative estimate of drug-likeness (QED) is 0.132. The molecule has 0 saturated carbocycles. The second kappa shape index (κ2) is 25.8. The van der Waals surface area contributed by atoms with Gasteiger partial charge in [-0.3, -0.25) is 0 Å². The van der Waals surface area contributed by atoms with Crippen molar-refractivity contribution in [2.24, 2.45) is 0 Å². The lowest BCUT2D eigenvalue weighted by molar-refractivity contribution is -0.0197. The van der Waals surface area contributed by atoms with Crippen LogP contribution in [0.15, 0.2) is 51.1 Å². The van der Waals surface area contributed by atoms with Gasteiger partial charge in [0.15, 0.2) is 0 Å². The lowest BCUT2D eigenvalue weighted by Gasteiger charge is -2.28. The standard InChI is InChI=1S/C40H66O4S2.C20H33F3O2S.CH4/c1-35(2,3)31-19-27(23-41-37(7,8)9)33(28(20-31)24-42-38(10,11)12)45-46-34-29(25-43-39(13,14)15)21-32(36(4,5)6)22-30(34)26-44-40(16,17)18;1-18(2,3)16-10-14(12-24-19(4,5)6)17(26(21,22)23)15(11-16)13-25-20(7,8)9;/h19-22H,23-26H2,1-18H3;10-11H,12-13H2,1-9H3;1H4. The summed E-state index contributed by atoms with van der Waals surface area (Å²) in [6, 6.07) is 12.6. The van der Waals surface area contributed by atoms with Crippen molar-refractivity contribution in [1.29, 1.82) is 0 Å². The first-order chi connectivity index (χ1) is 31.9. The van der Waals surface area contributed by atoms with E-state index in [0.717, 1.165) is 5.56 Å². The molecule has 0 amide bonds. The lowest BCUT2D eigenvalue weighted by atomic mass is 9.85. The second-order valence-electron chi connectivity index (χ2n) is 28.1. The van der Waals surface area contributed by atoms with E-state index in [1.807, 2.05) is 62.3 Å². The van der Waals surface area contributed by atoms with Crippen LogP contribution < -0.4 is 0 Å². The highest BCUT2D eigenvalue weighted by molar-refractivity contribution is 8.76. The topological polar surface area (TPSA) is 55.4 Å². The van der Waals surface area contributed by atoms with Crippen molar-refractivity contribution in [2.75, 3.05) is 0 Å². The van der Waals surface area contributed by atoms with E-state index in [0.29, 0.717) is 26.4 Å². The van der Waals surface area contributed by atoms with Gasteiger partial charge in [-0.2, -0.15) is 0 Å². The molecule has 3 aromatic rings. The fourth-order valence-corrected chi connectivity index (χ4v) is 10.2. The van der Waals surface area contributed by atoms with Crippen LogP contribution in [0.1, 0.15) is 244 Å². The molecule has 6 nitrogen and oxygen atoms in total. The van der Waals surface area contributed by atoms with Crippen molar-refractivity contribution in [3.63, 3.8) is 0 Å². The van der Waals surface area contributed by atoms with Gasteiger partial charge in [-0.1, -0.05) is 128 Å². The van der Waals surface area contributed by atoms with Crippen molar-refractivity contribution in [3.05, 3.63) is 86.5 Å². The number of hydrogen-bond acceptors (Lipinski definition) is 8. The monoisotopic (exact) mass is 1080 g/mol. The highest BCUT2D eigenvalue weighted by Gasteiger charge is 2.34. The molecule has 0 unspecified atom stereocenters. The molecule has 0 heterocycles. The summed E-state index contributed by atoms with van der Waals surface area (Å²) in [5.74, 6) is 0. The fraction of sp³-hybridized carbons (Fsp3) is 0.705. The maximum atomic E-state index is 13.9. The van der Waals surface area contributed by atoms with Crippen molar-refractivity contribution in [3.8, 4) is 0 Å². The van der Waals surface area contributed by atoms with Crippen LogP contribution in [0, 0.1) is 0 Å². The summed E-state index contributed by atoms with van der Waals surface area (Å²) < 4.78 is 78.9. The largest absolute Gasteiger partial charge is 0.371 e. The molecule has 0 bridgehead atoms. The summed E-state index contributed by atoms with van der Waals surface area (Å²) in [7, 11) is 3.60. The maximum absolute atomic E-state index is 13.9. The second-order valence-corrected chi connectivity index (χ2v) is 31.5. The number of benzene rings is 3. The normalized spacial score (nSPS) is 13.9. The molecule has 0 aliphatic rings. The zero-order chi connectivity index (χ0) is 56.1. The molecule has 12 heteroatoms. The average molecular weight is 1090 g/mol. The van der Waals surface area contributed by atoms with Crippen LogP contribution in [0.3, 0.4) is 0 Å². The molecule has 0 fully saturated rings. The first-order valence-corrected chi connectivity index (χ1v) is 29.0. The summed E-state index contributed by atoms with van der Waals surface area (Å²) in [5, 5.41) is 0. The highest BCUT2D eigenvalue weighted by Crippen LogP contribution is 2.63. The van der Waals surface area contributed by atoms with E-state index in [9.17, 15) is 11.7 Å². The Hall–Kier alpha value is -1.74. The third kappa shape index (κ3) is 26.4. The molecular formula is C61H103F3O6S3. The first-order valence-electron chi connectivity index (χ1n) is 25.5. The van der Waals surface area contributed by atoms with Crippen molar-refractivity contribution in [2.45, 2.75) is 299 Å². The number of hydrogen-bond donors (Lipinski definition) is 0. The molecule has 0 spiro atoms. The molecule has 0 radical (unpaired) electrons. The van der Waals surface area contributed by atoms with E-state index in [1.165, 1.54) is 43.2 Å². The van der Waals surface area contributed by atoms with E-state index in [4.69, 9.17) is 28.4 Å². The minimum Gasteiger partial charge on any atom is -0.371 e. The Morgan fingerprint density at radius 3 is 0.630 bits per heavy atom. The van der Waals surface area contributed by atoms with Crippen molar-refractivity contribution >= 4 is 32.8 Å². The lowest BCUT2D eigenvalue weighted by Crippen LogP contribution is -2.22. The van der Waals surface area contributed by atoms with Gasteiger partial charge in [-0.25, -0.2) is 0 Å². The Balaban J connectivity index is 0.000000837. The molecule has 0 N–H and O–H groups in total. The van der Waals surface area contributed by atoms with E-state index in [1.54, 1.807) is 33.7 Å². The number of rotatable bonds is 16. The zero-order valence-corrected chi connectivity index (χ0v) is 52.5. The van der Waals surface area contributed by atoms with E-state index < -0.39 is 27.3 Å². The van der Waals surface area contributed by atoms with Crippen LogP contribution in [-0.2, 0) is 84.3 Å². The molecular weight excluding hydrogens is 982 g/mol. The van der Waals surface area contributed by atoms with E-state index in [-0.39, 0.29) is 70.4 Å². The van der Waals surface area contributed by atoms with Gasteiger partial charge in [-0.05, 0) is 191 Å². The van der Waals surface area contributed by atoms with Crippen molar-refractivity contribution < 1.29 is 40.1 Å². The Kier molecular flexibility index (Phi) is 24.5. The fourth-order valence-electron chi connectivity index (χ4n) is 6.57. The number of ether oxygens (including phenoxy) is 6. The average Bonchev–Trinajstić information content (AvgIpc) is 3.15. The Labute approximate surface area is 455 Å². The SMILES string of the molecule is C.CC(C)(C)OCc1cc(C(C)(C)C)cc(COC(C)(C)C)c1S(F)(F)F.CC(C)(C)OCc1cc(C(C)(C)C)cc(COC(C)(C)C)c1SSc1c(COC(C)(C)C)cc(C(C)(C)C)cc1COC(C)(C)C. The van der Waals surface area contributed by atoms with Gasteiger partial charge in [0.05, 0.1) is 78.1 Å². The molecule has 422 valence electrons. The first kappa shape index (κ1) is 69.3. The minimum atomic E-state index is -5.42. The summed E-state index contributed by atoms with van der Waals surface area (Å²) in [6.07, 6.45) is 0. The Morgan fingerprint density at radius 1 is 0.315 bits per heavy atom. The summed E-state index contributed by atoms with van der Waals surface area (Å²) in [4.78, 5) is 1.85. The van der Waals surface area contributed by atoms with Crippen LogP contribution in [0.4, 0.5) is 11.7 Å². The van der Waals surface area contributed by atoms with E-state index >= 15 is 0 Å². The van der Waals surface area contributed by atoms with Crippen LogP contribution in [0.5, 0.6) is 0 Å². The van der Waals surface area contributed by atoms with Crippen LogP contribution in [0.2, 0.25) is 0 Å². The van der Waals surface area contributed by atoms with Gasteiger partial charge >= 0.3 is 0 Å². The van der Waals surface area contributed by atoms with Gasteiger partial charge in [0.2, 0.25) is 11.2 Å². The third-order valence-electron chi connectivity index (χ3n) is 10.7. The van der Waals surface area contributed by atoms with Crippen LogP contribution in [-0.4, -0.2) is 33.6 Å². The summed E-state index contributed by atoms with van der Waals surface area (Å²) in [5.41, 5.74) is 6.23. The van der Waals surface area contributed by atoms with Gasteiger partial charge in [0.25, 0.3) is 0 Å². The summed E-state index contributed by atoms with van der Waals surface area (Å²) >= 11 is -5.42. The van der Waals surface area contributed by atoms with Gasteiger partial charge in [-0.15, -0.1) is 11.7 Å². The van der Waals surface area contributed by atoms with Crippen LogP contribution in [0.25, 0.3) is 0 Å². The zero-order valence-electron chi connectivity index (χ0n) is 50.0. The predicted molar refractivity (Wildman–Crippen MR) is 310 cm³/mol. The molecule has 0 aliphatic carbocycles. The molecule has 73 heavy (non-hydrogen) atoms. The maximum Gasteiger partial charge on any atom is 0.238 e. The molecule has 0 saturated heterocycles. The van der Waals surface area contributed by atoms with Gasteiger partial charge in [0.1, 0.15) is 0 Å². The Morgan fingerprint density at radius 2 is 0.479 bits per heavy atom. The molecule has 0 aromatic heterocycles. The van der Waals surface area contributed by atoms with Crippen LogP contribution >= 0.6 is 32.8 Å². The number of halogens is 3. The summed E-state index contributed by atoms with van der Waals surface area (Å²) in [6.45, 7) is 58.0. The minimum absolute atomic E-state index is 0. The van der Waals surface area contributed by atoms with E-state index in [2.05, 4.69) is 149 Å². The van der Waals surface area contributed by atoms with Gasteiger partial charge < -0.3 is 28.4 Å². The molecule has 0 aliphatic heterocycles.